The van der Waals surface area contributed by atoms with Crippen molar-refractivity contribution in [2.24, 2.45) is 17.6 Å². The summed E-state index contributed by atoms with van der Waals surface area (Å²) in [6.07, 6.45) is 2.76. The smallest absolute Gasteiger partial charge is 0.251 e. The summed E-state index contributed by atoms with van der Waals surface area (Å²) >= 11 is 0. The van der Waals surface area contributed by atoms with Crippen molar-refractivity contribution < 1.29 is 9.53 Å². The Morgan fingerprint density at radius 2 is 2.24 bits per heavy atom. The number of hydrogen-bond donors (Lipinski definition) is 1. The van der Waals surface area contributed by atoms with Gasteiger partial charge in [-0.2, -0.15) is 0 Å². The molecule has 0 radical (unpaired) electrons. The number of piperidine rings is 1. The fraction of sp³-hybridized carbons (Fsp3) is 0.923. The van der Waals surface area contributed by atoms with Crippen molar-refractivity contribution in [1.29, 1.82) is 0 Å². The minimum Gasteiger partial charge on any atom is -0.368 e. The Bertz CT molecular complexity index is 283. The van der Waals surface area contributed by atoms with E-state index in [9.17, 15) is 4.79 Å². The number of amides is 1. The molecule has 2 fully saturated rings. The lowest BCUT2D eigenvalue weighted by molar-refractivity contribution is -0.144. The molecule has 2 aliphatic rings. The molecule has 2 heterocycles. The van der Waals surface area contributed by atoms with Gasteiger partial charge in [0.15, 0.2) is 0 Å². The molecule has 2 rings (SSSR count). The van der Waals surface area contributed by atoms with Crippen LogP contribution in [0.2, 0.25) is 0 Å². The van der Waals surface area contributed by atoms with E-state index in [4.69, 9.17) is 10.5 Å². The van der Waals surface area contributed by atoms with Crippen molar-refractivity contribution in [3.05, 3.63) is 0 Å². The standard InChI is InChI=1S/C13H24N2O2/c1-3-10-8-15(6-4-11(10)14)13(16)12-9(2)5-7-17-12/h9-12H,3-8,14H2,1-2H3. The maximum atomic E-state index is 12.3. The van der Waals surface area contributed by atoms with E-state index in [1.807, 2.05) is 4.90 Å². The average molecular weight is 240 g/mol. The molecule has 2 N–H and O–H groups in total. The number of ether oxygens (including phenoxy) is 1. The molecule has 0 spiro atoms. The molecule has 4 nitrogen and oxygen atoms in total. The molecule has 4 atom stereocenters. The summed E-state index contributed by atoms with van der Waals surface area (Å²) in [6, 6.07) is 0.256. The number of nitrogens with zero attached hydrogens (tertiary/aromatic N) is 1. The van der Waals surface area contributed by atoms with Gasteiger partial charge in [0.25, 0.3) is 5.91 Å². The first-order valence-electron chi connectivity index (χ1n) is 6.79. The van der Waals surface area contributed by atoms with Crippen LogP contribution in [0.25, 0.3) is 0 Å². The molecule has 4 unspecified atom stereocenters. The minimum absolute atomic E-state index is 0.181. The SMILES string of the molecule is CCC1CN(C(=O)C2OCCC2C)CCC1N. The zero-order valence-corrected chi connectivity index (χ0v) is 10.9. The van der Waals surface area contributed by atoms with E-state index in [0.717, 1.165) is 39.0 Å². The van der Waals surface area contributed by atoms with Gasteiger partial charge in [-0.25, -0.2) is 0 Å². The van der Waals surface area contributed by atoms with Crippen LogP contribution in [0.5, 0.6) is 0 Å². The molecule has 98 valence electrons. The van der Waals surface area contributed by atoms with E-state index >= 15 is 0 Å². The van der Waals surface area contributed by atoms with Crippen LogP contribution in [0.4, 0.5) is 0 Å². The summed E-state index contributed by atoms with van der Waals surface area (Å²) < 4.78 is 5.55. The second-order valence-corrected chi connectivity index (χ2v) is 5.46. The first-order chi connectivity index (χ1) is 8.13. The van der Waals surface area contributed by atoms with E-state index in [-0.39, 0.29) is 18.1 Å². The first-order valence-corrected chi connectivity index (χ1v) is 6.79. The third-order valence-corrected chi connectivity index (χ3v) is 4.26. The van der Waals surface area contributed by atoms with Crippen LogP contribution in [0, 0.1) is 11.8 Å². The monoisotopic (exact) mass is 240 g/mol. The lowest BCUT2D eigenvalue weighted by Gasteiger charge is -2.37. The van der Waals surface area contributed by atoms with Crippen molar-refractivity contribution in [3.63, 3.8) is 0 Å². The Morgan fingerprint density at radius 3 is 2.82 bits per heavy atom. The number of likely N-dealkylation sites (tertiary alicyclic amines) is 1. The lowest BCUT2D eigenvalue weighted by atomic mass is 9.90. The van der Waals surface area contributed by atoms with Gasteiger partial charge in [-0.3, -0.25) is 4.79 Å². The van der Waals surface area contributed by atoms with Crippen molar-refractivity contribution in [3.8, 4) is 0 Å². The molecule has 0 bridgehead atoms. The second kappa shape index (κ2) is 5.36. The highest BCUT2D eigenvalue weighted by atomic mass is 16.5. The maximum Gasteiger partial charge on any atom is 0.251 e. The van der Waals surface area contributed by atoms with Gasteiger partial charge in [-0.15, -0.1) is 0 Å². The normalized spacial score (nSPS) is 38.4. The molecule has 0 saturated carbocycles. The summed E-state index contributed by atoms with van der Waals surface area (Å²) in [4.78, 5) is 14.3. The summed E-state index contributed by atoms with van der Waals surface area (Å²) in [5.74, 6) is 0.989. The van der Waals surface area contributed by atoms with Gasteiger partial charge in [-0.05, 0) is 24.7 Å². The van der Waals surface area contributed by atoms with Gasteiger partial charge in [-0.1, -0.05) is 20.3 Å². The van der Waals surface area contributed by atoms with Gasteiger partial charge in [0.1, 0.15) is 6.10 Å². The lowest BCUT2D eigenvalue weighted by Crippen LogP contribution is -2.52. The molecular formula is C13H24N2O2. The van der Waals surface area contributed by atoms with Crippen LogP contribution in [-0.4, -0.2) is 42.6 Å². The first kappa shape index (κ1) is 12.8. The average Bonchev–Trinajstić information content (AvgIpc) is 2.75. The molecule has 0 aromatic carbocycles. The number of hydrogen-bond acceptors (Lipinski definition) is 3. The van der Waals surface area contributed by atoms with Crippen molar-refractivity contribution >= 4 is 5.91 Å². The van der Waals surface area contributed by atoms with Crippen LogP contribution in [0.15, 0.2) is 0 Å². The molecule has 2 saturated heterocycles. The molecule has 17 heavy (non-hydrogen) atoms. The van der Waals surface area contributed by atoms with Crippen LogP contribution in [0.1, 0.15) is 33.1 Å². The fourth-order valence-corrected chi connectivity index (χ4v) is 2.87. The fourth-order valence-electron chi connectivity index (χ4n) is 2.87. The summed E-state index contributed by atoms with van der Waals surface area (Å²) in [5, 5.41) is 0. The topological polar surface area (TPSA) is 55.6 Å². The Morgan fingerprint density at radius 1 is 1.47 bits per heavy atom. The predicted molar refractivity (Wildman–Crippen MR) is 66.5 cm³/mol. The third-order valence-electron chi connectivity index (χ3n) is 4.26. The van der Waals surface area contributed by atoms with E-state index in [0.29, 0.717) is 11.8 Å². The molecule has 4 heteroatoms. The molecule has 2 aliphatic heterocycles. The number of rotatable bonds is 2. The Kier molecular flexibility index (Phi) is 4.05. The number of nitrogens with two attached hydrogens (primary N) is 1. The third kappa shape index (κ3) is 2.63. The highest BCUT2D eigenvalue weighted by Gasteiger charge is 2.36. The predicted octanol–water partition coefficient (Wildman–Crippen LogP) is 0.997. The van der Waals surface area contributed by atoms with Crippen molar-refractivity contribution in [2.45, 2.75) is 45.3 Å². The van der Waals surface area contributed by atoms with Crippen molar-refractivity contribution in [1.82, 2.24) is 4.90 Å². The quantitative estimate of drug-likeness (QED) is 0.783. The van der Waals surface area contributed by atoms with E-state index in [1.54, 1.807) is 0 Å². The highest BCUT2D eigenvalue weighted by molar-refractivity contribution is 5.81. The largest absolute Gasteiger partial charge is 0.368 e. The van der Waals surface area contributed by atoms with Gasteiger partial charge >= 0.3 is 0 Å². The van der Waals surface area contributed by atoms with Gasteiger partial charge < -0.3 is 15.4 Å². The van der Waals surface area contributed by atoms with Crippen LogP contribution in [0.3, 0.4) is 0 Å². The Balaban J connectivity index is 1.95. The summed E-state index contributed by atoms with van der Waals surface area (Å²) in [7, 11) is 0. The summed E-state index contributed by atoms with van der Waals surface area (Å²) in [6.45, 7) is 6.57. The van der Waals surface area contributed by atoms with Crippen LogP contribution < -0.4 is 5.73 Å². The Labute approximate surface area is 103 Å². The molecular weight excluding hydrogens is 216 g/mol. The highest BCUT2D eigenvalue weighted by Crippen LogP contribution is 2.25. The maximum absolute atomic E-state index is 12.3. The molecule has 1 amide bonds. The second-order valence-electron chi connectivity index (χ2n) is 5.46. The molecule has 0 aromatic heterocycles. The van der Waals surface area contributed by atoms with Crippen LogP contribution >= 0.6 is 0 Å². The number of carbonyl (C=O) groups is 1. The zero-order chi connectivity index (χ0) is 12.4. The van der Waals surface area contributed by atoms with E-state index in [1.165, 1.54) is 0 Å². The Hall–Kier alpha value is -0.610. The zero-order valence-electron chi connectivity index (χ0n) is 10.9. The van der Waals surface area contributed by atoms with E-state index < -0.39 is 0 Å². The van der Waals surface area contributed by atoms with Gasteiger partial charge in [0.2, 0.25) is 0 Å². The molecule has 0 aromatic rings. The van der Waals surface area contributed by atoms with Crippen molar-refractivity contribution in [2.75, 3.05) is 19.7 Å². The van der Waals surface area contributed by atoms with Gasteiger partial charge in [0.05, 0.1) is 0 Å². The minimum atomic E-state index is -0.207. The number of carbonyl (C=O) groups excluding carboxylic acids is 1. The summed E-state index contributed by atoms with van der Waals surface area (Å²) in [5.41, 5.74) is 6.06. The van der Waals surface area contributed by atoms with Gasteiger partial charge in [0, 0.05) is 25.7 Å². The van der Waals surface area contributed by atoms with Crippen LogP contribution in [-0.2, 0) is 9.53 Å². The molecule has 0 aliphatic carbocycles. The van der Waals surface area contributed by atoms with E-state index in [2.05, 4.69) is 13.8 Å².